The number of halogens is 1. The fourth-order valence-corrected chi connectivity index (χ4v) is 4.18. The molecule has 5 rings (SSSR count). The molecule has 8 heteroatoms. The maximum absolute atomic E-state index is 6.30. The van der Waals surface area contributed by atoms with E-state index in [1.807, 2.05) is 78.5 Å². The maximum atomic E-state index is 6.30. The van der Waals surface area contributed by atoms with Gasteiger partial charge in [0.05, 0.1) is 5.69 Å². The second-order valence-electron chi connectivity index (χ2n) is 6.90. The van der Waals surface area contributed by atoms with Crippen molar-refractivity contribution in [3.8, 4) is 17.1 Å². The summed E-state index contributed by atoms with van der Waals surface area (Å²) in [6.07, 6.45) is 1.60. The van der Waals surface area contributed by atoms with Crippen LogP contribution in [0.5, 0.6) is 5.88 Å². The number of benzene rings is 2. The van der Waals surface area contributed by atoms with Crippen LogP contribution in [0.25, 0.3) is 11.3 Å². The van der Waals surface area contributed by atoms with Gasteiger partial charge in [-0.3, -0.25) is 0 Å². The molecule has 6 nitrogen and oxygen atoms in total. The zero-order valence-electron chi connectivity index (χ0n) is 16.1. The molecule has 30 heavy (non-hydrogen) atoms. The number of thioether (sulfide) groups is 1. The second kappa shape index (κ2) is 8.01. The van der Waals surface area contributed by atoms with E-state index < -0.39 is 6.23 Å². The zero-order valence-corrected chi connectivity index (χ0v) is 17.7. The first kappa shape index (κ1) is 19.0. The minimum atomic E-state index is -0.391. The van der Waals surface area contributed by atoms with Crippen LogP contribution in [-0.2, 0) is 12.8 Å². The number of nitrogens with zero attached hydrogens (tertiary/aromatic N) is 4. The van der Waals surface area contributed by atoms with Crippen molar-refractivity contribution >= 4 is 29.1 Å². The molecule has 0 bridgehead atoms. The zero-order chi connectivity index (χ0) is 20.5. The summed E-state index contributed by atoms with van der Waals surface area (Å²) in [5, 5.41) is 13.5. The van der Waals surface area contributed by atoms with Gasteiger partial charge in [-0.25, -0.2) is 0 Å². The smallest absolute Gasteiger partial charge is 0.247 e. The third-order valence-corrected chi connectivity index (χ3v) is 6.03. The van der Waals surface area contributed by atoms with Gasteiger partial charge >= 0.3 is 0 Å². The molecule has 4 aromatic rings. The molecule has 2 aromatic heterocycles. The van der Waals surface area contributed by atoms with Crippen LogP contribution in [0.1, 0.15) is 17.5 Å². The van der Waals surface area contributed by atoms with Crippen LogP contribution in [-0.4, -0.2) is 19.7 Å². The minimum absolute atomic E-state index is 0.391. The topological polar surface area (TPSA) is 64.9 Å². The SMILES string of the molecule is Cn1cccc1[C@H]1Nc2ccccc2-c2nnc(SCc3ccc(Cl)cc3)nc2O1. The second-order valence-corrected chi connectivity index (χ2v) is 8.27. The summed E-state index contributed by atoms with van der Waals surface area (Å²) < 4.78 is 8.32. The van der Waals surface area contributed by atoms with Gasteiger partial charge in [-0.15, -0.1) is 10.2 Å². The molecule has 0 spiro atoms. The Hall–Kier alpha value is -3.03. The lowest BCUT2D eigenvalue weighted by molar-refractivity contribution is 0.217. The van der Waals surface area contributed by atoms with Crippen molar-refractivity contribution in [2.24, 2.45) is 7.05 Å². The normalized spacial score (nSPS) is 14.8. The van der Waals surface area contributed by atoms with Crippen LogP contribution in [0.15, 0.2) is 72.0 Å². The molecule has 1 aliphatic rings. The summed E-state index contributed by atoms with van der Waals surface area (Å²) in [6.45, 7) is 0. The summed E-state index contributed by atoms with van der Waals surface area (Å²) in [6, 6.07) is 19.7. The average molecular weight is 436 g/mol. The number of fused-ring (bicyclic) bond motifs is 3. The quantitative estimate of drug-likeness (QED) is 0.437. The fraction of sp³-hybridized carbons (Fsp3) is 0.136. The molecule has 2 aromatic carbocycles. The molecule has 0 saturated carbocycles. The third kappa shape index (κ3) is 3.74. The monoisotopic (exact) mass is 435 g/mol. The van der Waals surface area contributed by atoms with Crippen LogP contribution in [0.4, 0.5) is 5.69 Å². The maximum Gasteiger partial charge on any atom is 0.247 e. The van der Waals surface area contributed by atoms with Crippen molar-refractivity contribution in [1.82, 2.24) is 19.7 Å². The molecule has 3 heterocycles. The fourth-order valence-electron chi connectivity index (χ4n) is 3.32. The van der Waals surface area contributed by atoms with Gasteiger partial charge in [0.2, 0.25) is 17.3 Å². The third-order valence-electron chi connectivity index (χ3n) is 4.87. The first-order valence-electron chi connectivity index (χ1n) is 9.43. The predicted molar refractivity (Wildman–Crippen MR) is 119 cm³/mol. The summed E-state index contributed by atoms with van der Waals surface area (Å²) in [5.74, 6) is 1.18. The van der Waals surface area contributed by atoms with E-state index in [4.69, 9.17) is 16.3 Å². The first-order valence-corrected chi connectivity index (χ1v) is 10.8. The van der Waals surface area contributed by atoms with E-state index in [0.717, 1.165) is 27.5 Å². The number of hydrogen-bond donors (Lipinski definition) is 1. The molecule has 1 atom stereocenters. The molecule has 1 aliphatic heterocycles. The standard InChI is InChI=1S/C22H18ClN5OS/c1-28-12-4-7-18(28)20-24-17-6-3-2-5-16(17)19-21(29-20)25-22(27-26-19)30-13-14-8-10-15(23)11-9-14/h2-12,20,24H,13H2,1H3/t20-/m0/s1. The highest BCUT2D eigenvalue weighted by Gasteiger charge is 2.27. The van der Waals surface area contributed by atoms with Crippen LogP contribution < -0.4 is 10.1 Å². The first-order chi connectivity index (χ1) is 14.7. The minimum Gasteiger partial charge on any atom is -0.446 e. The van der Waals surface area contributed by atoms with Gasteiger partial charge in [0, 0.05) is 35.3 Å². The molecule has 0 fully saturated rings. The van der Waals surface area contributed by atoms with E-state index in [1.54, 1.807) is 0 Å². The highest BCUT2D eigenvalue weighted by molar-refractivity contribution is 7.98. The Balaban J connectivity index is 1.48. The van der Waals surface area contributed by atoms with Crippen molar-refractivity contribution < 1.29 is 4.74 Å². The van der Waals surface area contributed by atoms with E-state index in [9.17, 15) is 0 Å². The van der Waals surface area contributed by atoms with Crippen molar-refractivity contribution in [3.05, 3.63) is 83.1 Å². The van der Waals surface area contributed by atoms with Crippen molar-refractivity contribution in [3.63, 3.8) is 0 Å². The highest BCUT2D eigenvalue weighted by atomic mass is 35.5. The lowest BCUT2D eigenvalue weighted by atomic mass is 10.1. The van der Waals surface area contributed by atoms with Crippen LogP contribution in [0.3, 0.4) is 0 Å². The lowest BCUT2D eigenvalue weighted by Gasteiger charge is -2.19. The Morgan fingerprint density at radius 3 is 2.70 bits per heavy atom. The van der Waals surface area contributed by atoms with E-state index in [-0.39, 0.29) is 0 Å². The van der Waals surface area contributed by atoms with E-state index >= 15 is 0 Å². The number of aryl methyl sites for hydroxylation is 1. The Morgan fingerprint density at radius 2 is 1.90 bits per heavy atom. The summed E-state index contributed by atoms with van der Waals surface area (Å²) in [7, 11) is 1.99. The molecule has 150 valence electrons. The molecule has 1 N–H and O–H groups in total. The number of aromatic nitrogens is 4. The van der Waals surface area contributed by atoms with Gasteiger partial charge < -0.3 is 14.6 Å². The van der Waals surface area contributed by atoms with Gasteiger partial charge in [-0.2, -0.15) is 4.98 Å². The number of ether oxygens (including phenoxy) is 1. The van der Waals surface area contributed by atoms with Gasteiger partial charge in [0.25, 0.3) is 0 Å². The summed E-state index contributed by atoms with van der Waals surface area (Å²) in [5.41, 5.74) is 4.61. The Labute approximate surface area is 183 Å². The molecular weight excluding hydrogens is 418 g/mol. The Bertz CT molecular complexity index is 1190. The summed E-state index contributed by atoms with van der Waals surface area (Å²) >= 11 is 7.48. The summed E-state index contributed by atoms with van der Waals surface area (Å²) in [4.78, 5) is 4.69. The number of rotatable bonds is 4. The molecule has 0 aliphatic carbocycles. The highest BCUT2D eigenvalue weighted by Crippen LogP contribution is 2.39. The largest absolute Gasteiger partial charge is 0.446 e. The molecule has 0 saturated heterocycles. The molecular formula is C22H18ClN5OS. The van der Waals surface area contributed by atoms with Crippen LogP contribution in [0.2, 0.25) is 5.02 Å². The average Bonchev–Trinajstić information content (AvgIpc) is 3.12. The lowest BCUT2D eigenvalue weighted by Crippen LogP contribution is -2.19. The van der Waals surface area contributed by atoms with Crippen molar-refractivity contribution in [2.75, 3.05) is 5.32 Å². The number of hydrogen-bond acceptors (Lipinski definition) is 6. The number of para-hydroxylation sites is 1. The Morgan fingerprint density at radius 1 is 1.07 bits per heavy atom. The van der Waals surface area contributed by atoms with Crippen molar-refractivity contribution in [1.29, 1.82) is 0 Å². The van der Waals surface area contributed by atoms with E-state index in [0.29, 0.717) is 22.5 Å². The van der Waals surface area contributed by atoms with Crippen LogP contribution >= 0.6 is 23.4 Å². The van der Waals surface area contributed by atoms with E-state index in [2.05, 4.69) is 20.5 Å². The van der Waals surface area contributed by atoms with Crippen molar-refractivity contribution in [2.45, 2.75) is 17.1 Å². The van der Waals surface area contributed by atoms with Crippen LogP contribution in [0, 0.1) is 0 Å². The predicted octanol–water partition coefficient (Wildman–Crippen LogP) is 5.33. The molecule has 0 amide bonds. The van der Waals surface area contributed by atoms with Gasteiger partial charge in [0.15, 0.2) is 5.69 Å². The van der Waals surface area contributed by atoms with Gasteiger partial charge in [-0.1, -0.05) is 53.7 Å². The van der Waals surface area contributed by atoms with E-state index in [1.165, 1.54) is 11.8 Å². The molecule has 0 unspecified atom stereocenters. The number of anilines is 1. The Kier molecular flexibility index (Phi) is 5.06. The van der Waals surface area contributed by atoms with Gasteiger partial charge in [-0.05, 0) is 35.9 Å². The molecule has 0 radical (unpaired) electrons. The van der Waals surface area contributed by atoms with Gasteiger partial charge in [0.1, 0.15) is 0 Å². The number of nitrogens with one attached hydrogen (secondary N) is 1.